The van der Waals surface area contributed by atoms with E-state index in [0.29, 0.717) is 31.0 Å². The van der Waals surface area contributed by atoms with Crippen molar-refractivity contribution in [2.45, 2.75) is 39.0 Å². The number of imidazole rings is 1. The number of furan rings is 1. The van der Waals surface area contributed by atoms with Gasteiger partial charge in [0.1, 0.15) is 29.6 Å². The molecule has 0 N–H and O–H groups in total. The first-order valence-electron chi connectivity index (χ1n) is 9.12. The number of ether oxygens (including phenoxy) is 1. The monoisotopic (exact) mass is 383 g/mol. The van der Waals surface area contributed by atoms with Crippen molar-refractivity contribution in [1.82, 2.24) is 14.5 Å². The molecule has 0 aliphatic carbocycles. The Hall–Kier alpha value is -2.38. The third-order valence-corrected chi connectivity index (χ3v) is 6.27. The lowest BCUT2D eigenvalue weighted by atomic mass is 10.0. The average Bonchev–Trinajstić information content (AvgIpc) is 3.41. The van der Waals surface area contributed by atoms with Gasteiger partial charge in [0.2, 0.25) is 0 Å². The Labute approximate surface area is 161 Å². The molecular weight excluding hydrogens is 362 g/mol. The second kappa shape index (κ2) is 6.07. The van der Waals surface area contributed by atoms with Gasteiger partial charge in [-0.25, -0.2) is 4.98 Å². The number of rotatable bonds is 2. The number of fused-ring (bicyclic) bond motifs is 1. The first-order valence-corrected chi connectivity index (χ1v) is 10.1. The molecular formula is C20H21N3O3S. The van der Waals surface area contributed by atoms with Crippen LogP contribution in [0.2, 0.25) is 0 Å². The smallest absolute Gasteiger partial charge is 0.257 e. The number of likely N-dealkylation sites (tertiary alicyclic amines) is 1. The average molecular weight is 383 g/mol. The lowest BCUT2D eigenvalue weighted by Crippen LogP contribution is -2.45. The van der Waals surface area contributed by atoms with Gasteiger partial charge in [-0.3, -0.25) is 4.79 Å². The molecule has 1 atom stereocenters. The molecule has 3 aromatic heterocycles. The summed E-state index contributed by atoms with van der Waals surface area (Å²) in [5.74, 6) is 2.43. The fourth-order valence-corrected chi connectivity index (χ4v) is 4.83. The molecule has 0 unspecified atom stereocenters. The molecule has 1 fully saturated rings. The second-order valence-electron chi connectivity index (χ2n) is 7.43. The summed E-state index contributed by atoms with van der Waals surface area (Å²) < 4.78 is 14.0. The van der Waals surface area contributed by atoms with Crippen LogP contribution in [0.15, 0.2) is 33.5 Å². The molecule has 140 valence electrons. The number of aromatic nitrogens is 2. The summed E-state index contributed by atoms with van der Waals surface area (Å²) in [6, 6.07) is 3.94. The van der Waals surface area contributed by atoms with Crippen LogP contribution in [0.3, 0.4) is 0 Å². The summed E-state index contributed by atoms with van der Waals surface area (Å²) in [6.07, 6.45) is 2.75. The van der Waals surface area contributed by atoms with E-state index in [1.165, 1.54) is 5.56 Å². The third kappa shape index (κ3) is 2.73. The van der Waals surface area contributed by atoms with E-state index in [4.69, 9.17) is 9.15 Å². The van der Waals surface area contributed by atoms with Crippen molar-refractivity contribution in [2.75, 3.05) is 13.1 Å². The number of aryl methyl sites for hydroxylation is 2. The maximum atomic E-state index is 12.9. The summed E-state index contributed by atoms with van der Waals surface area (Å²) in [5, 5.41) is 4.22. The van der Waals surface area contributed by atoms with Crippen LogP contribution in [0.1, 0.15) is 34.1 Å². The van der Waals surface area contributed by atoms with Gasteiger partial charge in [-0.1, -0.05) is 0 Å². The van der Waals surface area contributed by atoms with Crippen molar-refractivity contribution in [3.8, 4) is 11.3 Å². The summed E-state index contributed by atoms with van der Waals surface area (Å²) in [5.41, 5.74) is 2.62. The molecule has 1 amide bonds. The van der Waals surface area contributed by atoms with E-state index in [0.717, 1.165) is 30.2 Å². The van der Waals surface area contributed by atoms with Crippen molar-refractivity contribution in [3.05, 3.63) is 52.0 Å². The fourth-order valence-electron chi connectivity index (χ4n) is 4.18. The van der Waals surface area contributed by atoms with Gasteiger partial charge in [0.25, 0.3) is 5.91 Å². The van der Waals surface area contributed by atoms with Crippen molar-refractivity contribution < 1.29 is 13.9 Å². The molecule has 3 aromatic rings. The Kier molecular flexibility index (Phi) is 3.77. The van der Waals surface area contributed by atoms with Crippen LogP contribution in [0, 0.1) is 13.8 Å². The number of carbonyl (C=O) groups excluding carboxylic acids is 1. The second-order valence-corrected chi connectivity index (χ2v) is 8.21. The van der Waals surface area contributed by atoms with E-state index in [1.807, 2.05) is 31.0 Å². The number of amides is 1. The molecule has 5 rings (SSSR count). The Bertz CT molecular complexity index is 1000. The topological polar surface area (TPSA) is 60.5 Å². The minimum absolute atomic E-state index is 0.0271. The van der Waals surface area contributed by atoms with Crippen molar-refractivity contribution in [2.24, 2.45) is 0 Å². The molecule has 0 radical (unpaired) electrons. The lowest BCUT2D eigenvalue weighted by molar-refractivity contribution is -0.0804. The highest BCUT2D eigenvalue weighted by Crippen LogP contribution is 2.36. The van der Waals surface area contributed by atoms with Gasteiger partial charge < -0.3 is 18.6 Å². The Morgan fingerprint density at radius 2 is 2.22 bits per heavy atom. The van der Waals surface area contributed by atoms with Crippen LogP contribution in [0.4, 0.5) is 0 Å². The van der Waals surface area contributed by atoms with Crippen LogP contribution < -0.4 is 0 Å². The predicted molar refractivity (Wildman–Crippen MR) is 102 cm³/mol. The summed E-state index contributed by atoms with van der Waals surface area (Å²) in [7, 11) is 0. The Morgan fingerprint density at radius 1 is 1.33 bits per heavy atom. The number of hydrogen-bond donors (Lipinski definition) is 0. The maximum absolute atomic E-state index is 12.9. The highest BCUT2D eigenvalue weighted by atomic mass is 32.1. The molecule has 0 saturated carbocycles. The molecule has 2 aliphatic rings. The predicted octanol–water partition coefficient (Wildman–Crippen LogP) is 3.64. The first kappa shape index (κ1) is 16.8. The molecule has 1 spiro atoms. The van der Waals surface area contributed by atoms with E-state index in [9.17, 15) is 4.79 Å². The van der Waals surface area contributed by atoms with E-state index in [1.54, 1.807) is 11.3 Å². The minimum Gasteiger partial charge on any atom is -0.466 e. The zero-order valence-corrected chi connectivity index (χ0v) is 16.2. The molecule has 7 heteroatoms. The zero-order valence-electron chi connectivity index (χ0n) is 15.4. The summed E-state index contributed by atoms with van der Waals surface area (Å²) in [4.78, 5) is 19.4. The van der Waals surface area contributed by atoms with Gasteiger partial charge in [-0.15, -0.1) is 0 Å². The van der Waals surface area contributed by atoms with Gasteiger partial charge in [-0.2, -0.15) is 11.3 Å². The van der Waals surface area contributed by atoms with E-state index < -0.39 is 0 Å². The minimum atomic E-state index is -0.346. The lowest BCUT2D eigenvalue weighted by Gasteiger charge is -2.35. The summed E-state index contributed by atoms with van der Waals surface area (Å²) in [6.45, 7) is 6.20. The highest BCUT2D eigenvalue weighted by molar-refractivity contribution is 7.08. The van der Waals surface area contributed by atoms with Gasteiger partial charge in [0, 0.05) is 17.5 Å². The molecule has 5 heterocycles. The number of carbonyl (C=O) groups is 1. The van der Waals surface area contributed by atoms with E-state index in [2.05, 4.69) is 26.4 Å². The van der Waals surface area contributed by atoms with Gasteiger partial charge >= 0.3 is 0 Å². The van der Waals surface area contributed by atoms with E-state index >= 15 is 0 Å². The summed E-state index contributed by atoms with van der Waals surface area (Å²) >= 11 is 1.68. The third-order valence-electron chi connectivity index (χ3n) is 5.58. The van der Waals surface area contributed by atoms with Gasteiger partial charge in [-0.05, 0) is 37.8 Å². The maximum Gasteiger partial charge on any atom is 0.257 e. The first-order chi connectivity index (χ1) is 13.0. The Balaban J connectivity index is 1.39. The quantitative estimate of drug-likeness (QED) is 0.678. The molecule has 27 heavy (non-hydrogen) atoms. The van der Waals surface area contributed by atoms with E-state index in [-0.39, 0.29) is 11.5 Å². The fraction of sp³-hybridized carbons (Fsp3) is 0.400. The van der Waals surface area contributed by atoms with Crippen LogP contribution in [-0.4, -0.2) is 39.0 Å². The molecule has 1 saturated heterocycles. The Morgan fingerprint density at radius 3 is 2.96 bits per heavy atom. The van der Waals surface area contributed by atoms with Crippen LogP contribution in [0.5, 0.6) is 0 Å². The number of thiophene rings is 1. The SMILES string of the molecule is Cc1cc(C(=O)N2CC[C@@]3(C2)Cn2c(-c4ccsc4)cnc2CO3)c(C)o1. The van der Waals surface area contributed by atoms with Crippen molar-refractivity contribution in [1.29, 1.82) is 0 Å². The van der Waals surface area contributed by atoms with Crippen molar-refractivity contribution >= 4 is 17.2 Å². The normalized spacial score (nSPS) is 21.8. The van der Waals surface area contributed by atoms with Crippen molar-refractivity contribution in [3.63, 3.8) is 0 Å². The van der Waals surface area contributed by atoms with Crippen LogP contribution >= 0.6 is 11.3 Å². The zero-order chi connectivity index (χ0) is 18.6. The van der Waals surface area contributed by atoms with Gasteiger partial charge in [0.15, 0.2) is 0 Å². The van der Waals surface area contributed by atoms with Crippen LogP contribution in [-0.2, 0) is 17.9 Å². The molecule has 6 nitrogen and oxygen atoms in total. The van der Waals surface area contributed by atoms with Gasteiger partial charge in [0.05, 0.1) is 30.5 Å². The largest absolute Gasteiger partial charge is 0.466 e. The molecule has 0 aromatic carbocycles. The van der Waals surface area contributed by atoms with Crippen LogP contribution in [0.25, 0.3) is 11.3 Å². The number of hydrogen-bond acceptors (Lipinski definition) is 5. The highest BCUT2D eigenvalue weighted by Gasteiger charge is 2.45. The molecule has 2 aliphatic heterocycles. The molecule has 0 bridgehead atoms. The number of nitrogens with zero attached hydrogens (tertiary/aromatic N) is 3. The standard InChI is InChI=1S/C20H21N3O3S/c1-13-7-16(14(2)26-13)19(24)22-5-4-20(11-22)12-23-17(15-3-6-27-10-15)8-21-18(23)9-25-20/h3,6-8,10H,4-5,9,11-12H2,1-2H3/t20-/m1/s1.